The van der Waals surface area contributed by atoms with Crippen LogP contribution in [-0.2, 0) is 9.59 Å². The monoisotopic (exact) mass is 482 g/mol. The third kappa shape index (κ3) is 5.95. The molecular weight excluding hydrogens is 448 g/mol. The molecule has 1 atom stereocenters. The van der Waals surface area contributed by atoms with Gasteiger partial charge in [-0.05, 0) is 89.8 Å². The number of aliphatic hydroxyl groups excluding tert-OH is 1. The van der Waals surface area contributed by atoms with Crippen molar-refractivity contribution < 1.29 is 29.3 Å². The first-order valence-corrected chi connectivity index (χ1v) is 11.8. The number of hydrogen-bond acceptors (Lipinski definition) is 7. The van der Waals surface area contributed by atoms with Gasteiger partial charge in [0.1, 0.15) is 11.5 Å². The van der Waals surface area contributed by atoms with Crippen LogP contribution in [-0.4, -0.2) is 71.6 Å². The molecule has 1 aliphatic rings. The van der Waals surface area contributed by atoms with Gasteiger partial charge in [0.25, 0.3) is 11.7 Å². The fraction of sp³-hybridized carbons (Fsp3) is 0.407. The molecule has 0 unspecified atom stereocenters. The van der Waals surface area contributed by atoms with Crippen LogP contribution in [0.2, 0.25) is 0 Å². The zero-order valence-electron chi connectivity index (χ0n) is 20.9. The van der Waals surface area contributed by atoms with Gasteiger partial charge in [-0.15, -0.1) is 0 Å². The van der Waals surface area contributed by atoms with E-state index in [1.807, 2.05) is 32.8 Å². The SMILES string of the molecule is CCOc1cc([C@H]2/C(=C(\O)c3ccc(OC(C)C)cc3)C(=O)C(=O)N2CCCN(C)C)ccc1O. The third-order valence-electron chi connectivity index (χ3n) is 5.64. The highest BCUT2D eigenvalue weighted by Gasteiger charge is 2.46. The van der Waals surface area contributed by atoms with Gasteiger partial charge in [-0.3, -0.25) is 9.59 Å². The smallest absolute Gasteiger partial charge is 0.295 e. The van der Waals surface area contributed by atoms with Gasteiger partial charge < -0.3 is 29.5 Å². The van der Waals surface area contributed by atoms with Crippen molar-refractivity contribution in [2.24, 2.45) is 0 Å². The van der Waals surface area contributed by atoms with Crippen molar-refractivity contribution in [3.63, 3.8) is 0 Å². The van der Waals surface area contributed by atoms with Crippen molar-refractivity contribution in [3.8, 4) is 17.2 Å². The highest BCUT2D eigenvalue weighted by Crippen LogP contribution is 2.42. The molecule has 1 amide bonds. The molecule has 0 radical (unpaired) electrons. The largest absolute Gasteiger partial charge is 0.507 e. The Morgan fingerprint density at radius 2 is 1.80 bits per heavy atom. The molecule has 188 valence electrons. The van der Waals surface area contributed by atoms with Crippen LogP contribution in [0.1, 0.15) is 44.4 Å². The van der Waals surface area contributed by atoms with Crippen LogP contribution >= 0.6 is 0 Å². The molecule has 0 bridgehead atoms. The van der Waals surface area contributed by atoms with E-state index in [0.29, 0.717) is 36.4 Å². The van der Waals surface area contributed by atoms with Crippen LogP contribution < -0.4 is 9.47 Å². The first kappa shape index (κ1) is 26.1. The van der Waals surface area contributed by atoms with Gasteiger partial charge in [0, 0.05) is 12.1 Å². The number of Topliss-reactive ketones (excluding diaryl/α,β-unsaturated/α-hetero) is 1. The number of aromatic hydroxyl groups is 1. The lowest BCUT2D eigenvalue weighted by molar-refractivity contribution is -0.139. The molecule has 2 aromatic carbocycles. The maximum absolute atomic E-state index is 13.2. The van der Waals surface area contributed by atoms with Gasteiger partial charge in [-0.2, -0.15) is 0 Å². The Morgan fingerprint density at radius 1 is 1.11 bits per heavy atom. The number of benzene rings is 2. The number of ether oxygens (including phenoxy) is 2. The number of hydrogen-bond donors (Lipinski definition) is 2. The van der Waals surface area contributed by atoms with Crippen molar-refractivity contribution in [1.82, 2.24) is 9.80 Å². The van der Waals surface area contributed by atoms with Crippen LogP contribution in [0.25, 0.3) is 5.76 Å². The van der Waals surface area contributed by atoms with Crippen LogP contribution in [0, 0.1) is 0 Å². The first-order chi connectivity index (χ1) is 16.6. The maximum atomic E-state index is 13.2. The van der Waals surface area contributed by atoms with Gasteiger partial charge in [-0.25, -0.2) is 0 Å². The number of ketones is 1. The number of carbonyl (C=O) groups is 2. The molecule has 0 spiro atoms. The molecular formula is C27H34N2O6. The lowest BCUT2D eigenvalue weighted by Gasteiger charge is -2.26. The summed E-state index contributed by atoms with van der Waals surface area (Å²) in [4.78, 5) is 29.7. The standard InChI is InChI=1S/C27H34N2O6/c1-6-34-22-16-19(10-13-21(22)30)24-23(26(32)27(33)29(24)15-7-14-28(4)5)25(31)18-8-11-20(12-9-18)35-17(2)3/h8-13,16-17,24,30-31H,6-7,14-15H2,1-5H3/b25-23+/t24-/m0/s1. The summed E-state index contributed by atoms with van der Waals surface area (Å²) in [5.74, 6) is -0.824. The second-order valence-electron chi connectivity index (χ2n) is 9.00. The number of nitrogens with zero attached hydrogens (tertiary/aromatic N) is 2. The number of phenolic OH excluding ortho intramolecular Hbond substituents is 1. The minimum Gasteiger partial charge on any atom is -0.507 e. The Bertz CT molecular complexity index is 1090. The third-order valence-corrected chi connectivity index (χ3v) is 5.64. The summed E-state index contributed by atoms with van der Waals surface area (Å²) in [7, 11) is 3.87. The Balaban J connectivity index is 2.09. The zero-order valence-corrected chi connectivity index (χ0v) is 20.9. The summed E-state index contributed by atoms with van der Waals surface area (Å²) in [6.45, 7) is 7.03. The van der Waals surface area contributed by atoms with Gasteiger partial charge in [0.05, 0.1) is 24.3 Å². The van der Waals surface area contributed by atoms with E-state index in [1.165, 1.54) is 11.0 Å². The average Bonchev–Trinajstić information content (AvgIpc) is 3.05. The summed E-state index contributed by atoms with van der Waals surface area (Å²) in [5, 5.41) is 21.4. The molecule has 2 aromatic rings. The first-order valence-electron chi connectivity index (χ1n) is 11.8. The average molecular weight is 483 g/mol. The van der Waals surface area contributed by atoms with Crippen molar-refractivity contribution in [2.75, 3.05) is 33.8 Å². The predicted octanol–water partition coefficient (Wildman–Crippen LogP) is 3.95. The van der Waals surface area contributed by atoms with Gasteiger partial charge in [0.15, 0.2) is 11.5 Å². The Morgan fingerprint density at radius 3 is 2.40 bits per heavy atom. The Labute approximate surface area is 206 Å². The Hall–Kier alpha value is -3.52. The molecule has 0 aliphatic carbocycles. The number of carbonyl (C=O) groups excluding carboxylic acids is 2. The van der Waals surface area contributed by atoms with Crippen LogP contribution in [0.5, 0.6) is 17.2 Å². The van der Waals surface area contributed by atoms with Crippen LogP contribution in [0.4, 0.5) is 0 Å². The van der Waals surface area contributed by atoms with E-state index in [0.717, 1.165) is 6.54 Å². The highest BCUT2D eigenvalue weighted by atomic mass is 16.5. The molecule has 1 aliphatic heterocycles. The van der Waals surface area contributed by atoms with E-state index in [-0.39, 0.29) is 28.9 Å². The van der Waals surface area contributed by atoms with E-state index < -0.39 is 17.7 Å². The summed E-state index contributed by atoms with van der Waals surface area (Å²) >= 11 is 0. The molecule has 2 N–H and O–H groups in total. The number of phenols is 1. The molecule has 0 aromatic heterocycles. The van der Waals surface area contributed by atoms with Crippen molar-refractivity contribution >= 4 is 17.4 Å². The quantitative estimate of drug-likeness (QED) is 0.300. The molecule has 1 fully saturated rings. The van der Waals surface area contributed by atoms with E-state index in [4.69, 9.17) is 9.47 Å². The molecule has 1 saturated heterocycles. The molecule has 8 nitrogen and oxygen atoms in total. The van der Waals surface area contributed by atoms with E-state index in [2.05, 4.69) is 0 Å². The second kappa shape index (κ2) is 11.3. The summed E-state index contributed by atoms with van der Waals surface area (Å²) < 4.78 is 11.2. The topological polar surface area (TPSA) is 99.5 Å². The second-order valence-corrected chi connectivity index (χ2v) is 9.00. The molecule has 3 rings (SSSR count). The van der Waals surface area contributed by atoms with Crippen LogP contribution in [0.15, 0.2) is 48.0 Å². The fourth-order valence-electron chi connectivity index (χ4n) is 4.11. The van der Waals surface area contributed by atoms with Crippen LogP contribution in [0.3, 0.4) is 0 Å². The predicted molar refractivity (Wildman–Crippen MR) is 134 cm³/mol. The zero-order chi connectivity index (χ0) is 25.7. The highest BCUT2D eigenvalue weighted by molar-refractivity contribution is 6.46. The van der Waals surface area contributed by atoms with Gasteiger partial charge in [0.2, 0.25) is 0 Å². The van der Waals surface area contributed by atoms with E-state index >= 15 is 0 Å². The van der Waals surface area contributed by atoms with Crippen molar-refractivity contribution in [2.45, 2.75) is 39.3 Å². The summed E-state index contributed by atoms with van der Waals surface area (Å²) in [6, 6.07) is 10.6. The molecule has 8 heteroatoms. The number of likely N-dealkylation sites (tertiary alicyclic amines) is 1. The molecule has 35 heavy (non-hydrogen) atoms. The molecule has 1 heterocycles. The lowest BCUT2D eigenvalue weighted by Crippen LogP contribution is -2.32. The van der Waals surface area contributed by atoms with Gasteiger partial charge in [-0.1, -0.05) is 6.07 Å². The normalized spacial score (nSPS) is 17.5. The number of rotatable bonds is 10. The van der Waals surface area contributed by atoms with Crippen molar-refractivity contribution in [3.05, 3.63) is 59.2 Å². The summed E-state index contributed by atoms with van der Waals surface area (Å²) in [5.41, 5.74) is 0.975. The fourth-order valence-corrected chi connectivity index (χ4v) is 4.11. The summed E-state index contributed by atoms with van der Waals surface area (Å²) in [6.07, 6.45) is 0.643. The number of aliphatic hydroxyl groups is 1. The molecule has 0 saturated carbocycles. The minimum atomic E-state index is -0.816. The minimum absolute atomic E-state index is 0.00373. The maximum Gasteiger partial charge on any atom is 0.295 e. The lowest BCUT2D eigenvalue weighted by atomic mass is 9.95. The Kier molecular flexibility index (Phi) is 8.40. The van der Waals surface area contributed by atoms with Crippen molar-refractivity contribution in [1.29, 1.82) is 0 Å². The number of amides is 1. The van der Waals surface area contributed by atoms with E-state index in [1.54, 1.807) is 43.3 Å². The van der Waals surface area contributed by atoms with Gasteiger partial charge >= 0.3 is 0 Å². The van der Waals surface area contributed by atoms with E-state index in [9.17, 15) is 19.8 Å².